The molecule has 0 radical (unpaired) electrons. The van der Waals surface area contributed by atoms with Crippen molar-refractivity contribution >= 4 is 0 Å². The lowest BCUT2D eigenvalue weighted by Gasteiger charge is -2.15. The van der Waals surface area contributed by atoms with Gasteiger partial charge in [-0.25, -0.2) is 0 Å². The number of furan rings is 1. The average molecular weight is 194 g/mol. The number of rotatable bonds is 2. The maximum absolute atomic E-state index is 5.71. The van der Waals surface area contributed by atoms with Crippen LogP contribution in [0.5, 0.6) is 0 Å². The Bertz CT molecular complexity index is 313. The van der Waals surface area contributed by atoms with E-state index < -0.39 is 5.79 Å². The molecule has 3 nitrogen and oxygen atoms in total. The van der Waals surface area contributed by atoms with Gasteiger partial charge in [0.1, 0.15) is 18.0 Å². The molecule has 1 fully saturated rings. The molecule has 0 spiro atoms. The van der Waals surface area contributed by atoms with E-state index in [4.69, 9.17) is 13.9 Å². The molecule has 2 atom stereocenters. The van der Waals surface area contributed by atoms with Crippen LogP contribution in [0.25, 0.3) is 0 Å². The highest BCUT2D eigenvalue weighted by molar-refractivity contribution is 5.09. The molecular weight excluding hydrogens is 180 g/mol. The molecule has 0 N–H and O–H groups in total. The third-order valence-corrected chi connectivity index (χ3v) is 2.18. The zero-order valence-electron chi connectivity index (χ0n) is 8.40. The molecule has 0 amide bonds. The van der Waals surface area contributed by atoms with Crippen LogP contribution < -0.4 is 0 Å². The van der Waals surface area contributed by atoms with Gasteiger partial charge in [-0.05, 0) is 26.0 Å². The first kappa shape index (κ1) is 9.49. The highest BCUT2D eigenvalue weighted by atomic mass is 16.8. The molecule has 0 aromatic carbocycles. The van der Waals surface area contributed by atoms with E-state index in [1.54, 1.807) is 12.3 Å². The summed E-state index contributed by atoms with van der Waals surface area (Å²) in [4.78, 5) is 0. The topological polar surface area (TPSA) is 31.6 Å². The summed E-state index contributed by atoms with van der Waals surface area (Å²) in [5, 5.41) is 0. The zero-order chi connectivity index (χ0) is 10.2. The second-order valence-corrected chi connectivity index (χ2v) is 3.77. The molecule has 76 valence electrons. The largest absolute Gasteiger partial charge is 0.466 e. The first-order chi connectivity index (χ1) is 6.62. The Morgan fingerprint density at radius 2 is 2.21 bits per heavy atom. The minimum absolute atomic E-state index is 0.142. The fourth-order valence-corrected chi connectivity index (χ4v) is 1.63. The summed E-state index contributed by atoms with van der Waals surface area (Å²) in [6.07, 6.45) is 3.04. The third-order valence-electron chi connectivity index (χ3n) is 2.18. The van der Waals surface area contributed by atoms with Crippen LogP contribution in [0.3, 0.4) is 0 Å². The molecule has 2 unspecified atom stereocenters. The van der Waals surface area contributed by atoms with Gasteiger partial charge in [0.25, 0.3) is 0 Å². The Kier molecular flexibility index (Phi) is 2.21. The molecule has 3 heteroatoms. The Hall–Kier alpha value is -1.06. The minimum atomic E-state index is -0.573. The van der Waals surface area contributed by atoms with E-state index in [0.29, 0.717) is 0 Å². The van der Waals surface area contributed by atoms with Crippen molar-refractivity contribution in [2.75, 3.05) is 0 Å². The Morgan fingerprint density at radius 3 is 2.79 bits per heavy atom. The van der Waals surface area contributed by atoms with Gasteiger partial charge in [0.2, 0.25) is 0 Å². The maximum Gasteiger partial charge on any atom is 0.164 e. The standard InChI is InChI=1S/C11H14O3/c1-4-8-10(9-6-5-7-12-9)14-11(2,3)13-8/h4-8,10H,1H2,2-3H3. The number of ether oxygens (including phenoxy) is 2. The molecule has 0 bridgehead atoms. The SMILES string of the molecule is C=CC1OC(C)(C)OC1c1ccco1. The van der Waals surface area contributed by atoms with Crippen molar-refractivity contribution in [3.63, 3.8) is 0 Å². The van der Waals surface area contributed by atoms with Gasteiger partial charge in [-0.3, -0.25) is 0 Å². The van der Waals surface area contributed by atoms with Crippen molar-refractivity contribution in [1.29, 1.82) is 0 Å². The third kappa shape index (κ3) is 1.61. The summed E-state index contributed by atoms with van der Waals surface area (Å²) >= 11 is 0. The van der Waals surface area contributed by atoms with Gasteiger partial charge >= 0.3 is 0 Å². The summed E-state index contributed by atoms with van der Waals surface area (Å²) in [6, 6.07) is 3.72. The highest BCUT2D eigenvalue weighted by Crippen LogP contribution is 2.38. The second kappa shape index (κ2) is 3.26. The van der Waals surface area contributed by atoms with Crippen LogP contribution in [0, 0.1) is 0 Å². The van der Waals surface area contributed by atoms with Crippen LogP contribution in [-0.2, 0) is 9.47 Å². The van der Waals surface area contributed by atoms with Crippen molar-refractivity contribution in [3.8, 4) is 0 Å². The molecule has 1 aromatic rings. The summed E-state index contributed by atoms with van der Waals surface area (Å²) in [5.41, 5.74) is 0. The lowest BCUT2D eigenvalue weighted by atomic mass is 10.1. The van der Waals surface area contributed by atoms with E-state index in [9.17, 15) is 0 Å². The van der Waals surface area contributed by atoms with Gasteiger partial charge in [0.15, 0.2) is 5.79 Å². The van der Waals surface area contributed by atoms with Gasteiger partial charge in [0, 0.05) is 0 Å². The fraction of sp³-hybridized carbons (Fsp3) is 0.455. The van der Waals surface area contributed by atoms with Crippen LogP contribution in [0.2, 0.25) is 0 Å². The molecule has 1 aliphatic rings. The Morgan fingerprint density at radius 1 is 1.43 bits per heavy atom. The van der Waals surface area contributed by atoms with Crippen LogP contribution in [0.15, 0.2) is 35.5 Å². The summed E-state index contributed by atoms with van der Waals surface area (Å²) in [5.74, 6) is 0.205. The molecule has 1 aromatic heterocycles. The van der Waals surface area contributed by atoms with Crippen LogP contribution in [-0.4, -0.2) is 11.9 Å². The molecule has 2 rings (SSSR count). The highest BCUT2D eigenvalue weighted by Gasteiger charge is 2.41. The van der Waals surface area contributed by atoms with Crippen LogP contribution in [0.1, 0.15) is 25.7 Å². The van der Waals surface area contributed by atoms with E-state index in [1.807, 2.05) is 26.0 Å². The number of hydrogen-bond acceptors (Lipinski definition) is 3. The van der Waals surface area contributed by atoms with Crippen molar-refractivity contribution in [1.82, 2.24) is 0 Å². The molecule has 1 saturated heterocycles. The van der Waals surface area contributed by atoms with Crippen molar-refractivity contribution < 1.29 is 13.9 Å². The first-order valence-corrected chi connectivity index (χ1v) is 4.64. The summed E-state index contributed by atoms with van der Waals surface area (Å²) in [7, 11) is 0. The molecular formula is C11H14O3. The van der Waals surface area contributed by atoms with Crippen LogP contribution in [0.4, 0.5) is 0 Å². The molecule has 0 saturated carbocycles. The lowest BCUT2D eigenvalue weighted by Crippen LogP contribution is -2.20. The zero-order valence-corrected chi connectivity index (χ0v) is 8.40. The van der Waals surface area contributed by atoms with Gasteiger partial charge in [-0.15, -0.1) is 6.58 Å². The predicted octanol–water partition coefficient (Wildman–Crippen LogP) is 2.66. The van der Waals surface area contributed by atoms with Gasteiger partial charge in [-0.2, -0.15) is 0 Å². The summed E-state index contributed by atoms with van der Waals surface area (Å²) < 4.78 is 16.6. The van der Waals surface area contributed by atoms with Gasteiger partial charge < -0.3 is 13.9 Å². The monoisotopic (exact) mass is 194 g/mol. The Balaban J connectivity index is 2.23. The predicted molar refractivity (Wildman–Crippen MR) is 51.7 cm³/mol. The van der Waals surface area contributed by atoms with Gasteiger partial charge in [-0.1, -0.05) is 6.08 Å². The first-order valence-electron chi connectivity index (χ1n) is 4.64. The van der Waals surface area contributed by atoms with Crippen molar-refractivity contribution in [2.45, 2.75) is 31.8 Å². The van der Waals surface area contributed by atoms with Crippen molar-refractivity contribution in [2.24, 2.45) is 0 Å². The smallest absolute Gasteiger partial charge is 0.164 e. The maximum atomic E-state index is 5.71. The second-order valence-electron chi connectivity index (χ2n) is 3.77. The molecule has 2 heterocycles. The molecule has 1 aliphatic heterocycles. The summed E-state index contributed by atoms with van der Waals surface area (Å²) in [6.45, 7) is 7.48. The van der Waals surface area contributed by atoms with E-state index in [1.165, 1.54) is 0 Å². The number of hydrogen-bond donors (Lipinski definition) is 0. The van der Waals surface area contributed by atoms with E-state index in [0.717, 1.165) is 5.76 Å². The normalized spacial score (nSPS) is 30.4. The quantitative estimate of drug-likeness (QED) is 0.678. The molecule has 0 aliphatic carbocycles. The van der Waals surface area contributed by atoms with Crippen LogP contribution >= 0.6 is 0 Å². The van der Waals surface area contributed by atoms with E-state index in [2.05, 4.69) is 6.58 Å². The van der Waals surface area contributed by atoms with E-state index in [-0.39, 0.29) is 12.2 Å². The lowest BCUT2D eigenvalue weighted by molar-refractivity contribution is -0.145. The van der Waals surface area contributed by atoms with Gasteiger partial charge in [0.05, 0.1) is 6.26 Å². The van der Waals surface area contributed by atoms with Crippen molar-refractivity contribution in [3.05, 3.63) is 36.8 Å². The Labute approximate surface area is 83.3 Å². The minimum Gasteiger partial charge on any atom is -0.466 e. The average Bonchev–Trinajstić information content (AvgIpc) is 2.70. The molecule has 14 heavy (non-hydrogen) atoms. The fourth-order valence-electron chi connectivity index (χ4n) is 1.63. The van der Waals surface area contributed by atoms with E-state index >= 15 is 0 Å².